The number of carbonyl (C=O) groups excluding carboxylic acids is 2. The van der Waals surface area contributed by atoms with Crippen molar-refractivity contribution in [3.63, 3.8) is 0 Å². The van der Waals surface area contributed by atoms with Crippen molar-refractivity contribution >= 4 is 11.9 Å². The van der Waals surface area contributed by atoms with Crippen molar-refractivity contribution in [1.82, 2.24) is 0 Å². The Morgan fingerprint density at radius 1 is 1.18 bits per heavy atom. The molecule has 5 heteroatoms. The summed E-state index contributed by atoms with van der Waals surface area (Å²) in [5, 5.41) is 0. The van der Waals surface area contributed by atoms with E-state index in [4.69, 9.17) is 15.2 Å². The molecule has 5 nitrogen and oxygen atoms in total. The van der Waals surface area contributed by atoms with Gasteiger partial charge in [-0.25, -0.2) is 0 Å². The molecule has 0 aliphatic carbocycles. The summed E-state index contributed by atoms with van der Waals surface area (Å²) < 4.78 is 10.1. The van der Waals surface area contributed by atoms with E-state index in [1.807, 2.05) is 0 Å². The molecular formula is C12H15NO4. The molecule has 0 heterocycles. The molecule has 0 aliphatic rings. The fourth-order valence-electron chi connectivity index (χ4n) is 1.13. The monoisotopic (exact) mass is 237 g/mol. The summed E-state index contributed by atoms with van der Waals surface area (Å²) in [6.45, 7) is 2.22. The molecule has 2 N–H and O–H groups in total. The molecule has 92 valence electrons. The zero-order valence-electron chi connectivity index (χ0n) is 9.64. The van der Waals surface area contributed by atoms with E-state index in [0.717, 1.165) is 0 Å². The van der Waals surface area contributed by atoms with Crippen LogP contribution in [0.3, 0.4) is 0 Å². The molecule has 17 heavy (non-hydrogen) atoms. The average molecular weight is 237 g/mol. The first-order valence-electron chi connectivity index (χ1n) is 5.31. The van der Waals surface area contributed by atoms with Crippen LogP contribution in [0, 0.1) is 0 Å². The summed E-state index contributed by atoms with van der Waals surface area (Å²) >= 11 is 0. The van der Waals surface area contributed by atoms with Crippen molar-refractivity contribution in [2.45, 2.75) is 13.3 Å². The number of carbonyl (C=O) groups is 2. The molecule has 1 amide bonds. The van der Waals surface area contributed by atoms with Crippen molar-refractivity contribution < 1.29 is 19.1 Å². The van der Waals surface area contributed by atoms with Crippen molar-refractivity contribution in [3.8, 4) is 5.75 Å². The molecule has 0 aromatic heterocycles. The number of nitrogens with two attached hydrogens (primary N) is 1. The molecule has 1 aromatic carbocycles. The largest absolute Gasteiger partial charge is 0.490 e. The van der Waals surface area contributed by atoms with E-state index in [9.17, 15) is 9.59 Å². The van der Waals surface area contributed by atoms with E-state index in [0.29, 0.717) is 17.7 Å². The molecule has 0 unspecified atom stereocenters. The SMILES string of the molecule is CCC(=O)OCCOc1ccc(C(N)=O)cc1. The molecule has 0 radical (unpaired) electrons. The summed E-state index contributed by atoms with van der Waals surface area (Å²) in [5.41, 5.74) is 5.52. The molecule has 0 spiro atoms. The second-order valence-electron chi connectivity index (χ2n) is 3.31. The van der Waals surface area contributed by atoms with Crippen molar-refractivity contribution in [2.24, 2.45) is 5.73 Å². The maximum absolute atomic E-state index is 10.8. The number of benzene rings is 1. The highest BCUT2D eigenvalue weighted by atomic mass is 16.6. The van der Waals surface area contributed by atoms with Gasteiger partial charge in [0.05, 0.1) is 0 Å². The van der Waals surface area contributed by atoms with Crippen molar-refractivity contribution in [2.75, 3.05) is 13.2 Å². The third-order valence-electron chi connectivity index (χ3n) is 2.04. The van der Waals surface area contributed by atoms with Gasteiger partial charge in [0.1, 0.15) is 19.0 Å². The van der Waals surface area contributed by atoms with Crippen molar-refractivity contribution in [3.05, 3.63) is 29.8 Å². The Morgan fingerprint density at radius 3 is 2.35 bits per heavy atom. The van der Waals surface area contributed by atoms with Crippen LogP contribution in [0.1, 0.15) is 23.7 Å². The summed E-state index contributed by atoms with van der Waals surface area (Å²) in [4.78, 5) is 21.6. The van der Waals surface area contributed by atoms with Gasteiger partial charge in [0.2, 0.25) is 5.91 Å². The first kappa shape index (κ1) is 13.0. The van der Waals surface area contributed by atoms with E-state index in [2.05, 4.69) is 0 Å². The van der Waals surface area contributed by atoms with Crippen LogP contribution in [-0.4, -0.2) is 25.1 Å². The molecule has 1 rings (SSSR count). The van der Waals surface area contributed by atoms with Crippen LogP contribution in [0.25, 0.3) is 0 Å². The molecule has 0 fully saturated rings. The number of ether oxygens (including phenoxy) is 2. The van der Waals surface area contributed by atoms with E-state index >= 15 is 0 Å². The Kier molecular flexibility index (Phi) is 5.00. The highest BCUT2D eigenvalue weighted by Crippen LogP contribution is 2.11. The lowest BCUT2D eigenvalue weighted by atomic mass is 10.2. The maximum Gasteiger partial charge on any atom is 0.305 e. The lowest BCUT2D eigenvalue weighted by Gasteiger charge is -2.06. The Hall–Kier alpha value is -2.04. The highest BCUT2D eigenvalue weighted by molar-refractivity contribution is 5.92. The van der Waals surface area contributed by atoms with Crippen molar-refractivity contribution in [1.29, 1.82) is 0 Å². The van der Waals surface area contributed by atoms with Crippen LogP contribution in [0.2, 0.25) is 0 Å². The van der Waals surface area contributed by atoms with Crippen LogP contribution in [0.15, 0.2) is 24.3 Å². The predicted octanol–water partition coefficient (Wildman–Crippen LogP) is 1.12. The fourth-order valence-corrected chi connectivity index (χ4v) is 1.13. The third kappa shape index (κ3) is 4.55. The van der Waals surface area contributed by atoms with Gasteiger partial charge in [0.25, 0.3) is 0 Å². The highest BCUT2D eigenvalue weighted by Gasteiger charge is 2.01. The standard InChI is InChI=1S/C12H15NO4/c1-2-11(14)17-8-7-16-10-5-3-9(4-6-10)12(13)15/h3-6H,2,7-8H2,1H3,(H2,13,15). The average Bonchev–Trinajstić information content (AvgIpc) is 2.34. The Bertz CT molecular complexity index is 386. The van der Waals surface area contributed by atoms with Gasteiger partial charge in [-0.1, -0.05) is 6.92 Å². The van der Waals surface area contributed by atoms with Crippen LogP contribution in [-0.2, 0) is 9.53 Å². The van der Waals surface area contributed by atoms with Crippen LogP contribution < -0.4 is 10.5 Å². The summed E-state index contributed by atoms with van der Waals surface area (Å²) in [6.07, 6.45) is 0.354. The maximum atomic E-state index is 10.8. The summed E-state index contributed by atoms with van der Waals surface area (Å²) in [5.74, 6) is -0.131. The minimum Gasteiger partial charge on any atom is -0.490 e. The van der Waals surface area contributed by atoms with Gasteiger partial charge in [0, 0.05) is 12.0 Å². The summed E-state index contributed by atoms with van der Waals surface area (Å²) in [6, 6.07) is 6.44. The number of rotatable bonds is 6. The van der Waals surface area contributed by atoms with Crippen LogP contribution >= 0.6 is 0 Å². The lowest BCUT2D eigenvalue weighted by molar-refractivity contribution is -0.143. The lowest BCUT2D eigenvalue weighted by Crippen LogP contribution is -2.12. The number of hydrogen-bond donors (Lipinski definition) is 1. The van der Waals surface area contributed by atoms with E-state index < -0.39 is 5.91 Å². The number of hydrogen-bond acceptors (Lipinski definition) is 4. The Morgan fingerprint density at radius 2 is 1.82 bits per heavy atom. The van der Waals surface area contributed by atoms with Gasteiger partial charge < -0.3 is 15.2 Å². The smallest absolute Gasteiger partial charge is 0.305 e. The zero-order valence-corrected chi connectivity index (χ0v) is 9.64. The Labute approximate surface area is 99.5 Å². The number of primary amides is 1. The van der Waals surface area contributed by atoms with Gasteiger partial charge >= 0.3 is 5.97 Å². The quantitative estimate of drug-likeness (QED) is 0.594. The second-order valence-corrected chi connectivity index (χ2v) is 3.31. The topological polar surface area (TPSA) is 78.6 Å². The first-order valence-corrected chi connectivity index (χ1v) is 5.31. The summed E-state index contributed by atoms with van der Waals surface area (Å²) in [7, 11) is 0. The van der Waals surface area contributed by atoms with Gasteiger partial charge in [-0.05, 0) is 24.3 Å². The zero-order chi connectivity index (χ0) is 12.7. The Balaban J connectivity index is 2.32. The van der Waals surface area contributed by atoms with Crippen LogP contribution in [0.4, 0.5) is 0 Å². The third-order valence-corrected chi connectivity index (χ3v) is 2.04. The molecular weight excluding hydrogens is 222 g/mol. The van der Waals surface area contributed by atoms with Gasteiger partial charge in [-0.2, -0.15) is 0 Å². The van der Waals surface area contributed by atoms with Gasteiger partial charge in [-0.3, -0.25) is 9.59 Å². The molecule has 0 bridgehead atoms. The number of amides is 1. The second kappa shape index (κ2) is 6.52. The van der Waals surface area contributed by atoms with E-state index in [1.54, 1.807) is 31.2 Å². The number of esters is 1. The fraction of sp³-hybridized carbons (Fsp3) is 0.333. The first-order chi connectivity index (χ1) is 8.13. The molecule has 0 saturated carbocycles. The molecule has 0 atom stereocenters. The van der Waals surface area contributed by atoms with Gasteiger partial charge in [-0.15, -0.1) is 0 Å². The van der Waals surface area contributed by atoms with Gasteiger partial charge in [0.15, 0.2) is 0 Å². The molecule has 1 aromatic rings. The minimum absolute atomic E-state index is 0.213. The molecule has 0 saturated heterocycles. The minimum atomic E-state index is -0.478. The van der Waals surface area contributed by atoms with Crippen LogP contribution in [0.5, 0.6) is 5.75 Å². The normalized spacial score (nSPS) is 9.71. The van der Waals surface area contributed by atoms with E-state index in [1.165, 1.54) is 0 Å². The van der Waals surface area contributed by atoms with E-state index in [-0.39, 0.29) is 19.2 Å². The molecule has 0 aliphatic heterocycles. The predicted molar refractivity (Wildman–Crippen MR) is 61.7 cm³/mol.